The van der Waals surface area contributed by atoms with Crippen LogP contribution >= 0.6 is 11.3 Å². The Morgan fingerprint density at radius 1 is 1.27 bits per heavy atom. The van der Waals surface area contributed by atoms with E-state index in [4.69, 9.17) is 4.74 Å². The minimum absolute atomic E-state index is 0.230. The highest BCUT2D eigenvalue weighted by atomic mass is 32.1. The second-order valence-corrected chi connectivity index (χ2v) is 7.16. The molecule has 0 aliphatic heterocycles. The molecule has 3 rings (SSSR count). The van der Waals surface area contributed by atoms with Crippen LogP contribution in [0.3, 0.4) is 0 Å². The van der Waals surface area contributed by atoms with Crippen molar-refractivity contribution < 1.29 is 9.53 Å². The normalized spacial score (nSPS) is 12.0. The molecule has 2 aromatic heterocycles. The van der Waals surface area contributed by atoms with Crippen LogP contribution in [0.2, 0.25) is 0 Å². The Morgan fingerprint density at radius 3 is 2.69 bits per heavy atom. The zero-order chi connectivity index (χ0) is 18.8. The summed E-state index contributed by atoms with van der Waals surface area (Å²) in [6, 6.07) is 5.79. The van der Waals surface area contributed by atoms with Gasteiger partial charge in [-0.1, -0.05) is 6.07 Å². The highest BCUT2D eigenvalue weighted by molar-refractivity contribution is 7.14. The van der Waals surface area contributed by atoms with E-state index in [9.17, 15) is 4.79 Å². The van der Waals surface area contributed by atoms with Gasteiger partial charge < -0.3 is 4.74 Å². The molecule has 0 unspecified atom stereocenters. The first-order valence-corrected chi connectivity index (χ1v) is 9.22. The Labute approximate surface area is 156 Å². The topological polar surface area (TPSA) is 69.0 Å². The lowest BCUT2D eigenvalue weighted by atomic mass is 10.1. The van der Waals surface area contributed by atoms with Crippen molar-refractivity contribution in [3.63, 3.8) is 0 Å². The number of hydrogen-bond acceptors (Lipinski definition) is 5. The van der Waals surface area contributed by atoms with E-state index in [0.29, 0.717) is 10.9 Å². The van der Waals surface area contributed by atoms with Crippen LogP contribution in [0.1, 0.15) is 23.7 Å². The Bertz CT molecular complexity index is 945. The quantitative estimate of drug-likeness (QED) is 0.740. The number of benzene rings is 1. The van der Waals surface area contributed by atoms with E-state index < -0.39 is 6.10 Å². The van der Waals surface area contributed by atoms with E-state index in [1.54, 1.807) is 17.8 Å². The molecule has 1 N–H and O–H groups in total. The number of hydrogen-bond donors (Lipinski definition) is 1. The van der Waals surface area contributed by atoms with Crippen molar-refractivity contribution >= 4 is 22.4 Å². The summed E-state index contributed by atoms with van der Waals surface area (Å²) in [6.07, 6.45) is 1.16. The van der Waals surface area contributed by atoms with Crippen molar-refractivity contribution in [2.45, 2.75) is 33.8 Å². The lowest BCUT2D eigenvalue weighted by Crippen LogP contribution is -2.30. The second-order valence-electron chi connectivity index (χ2n) is 6.30. The standard InChI is InChI=1S/C19H22N4O2S/c1-11-6-7-15(8-12(11)2)25-14(4)18(24)22-19-21-17(10-26-19)16-9-20-23(5)13(16)3/h6-10,14H,1-5H3,(H,21,22,24)/t14-/m1/s1. The highest BCUT2D eigenvalue weighted by Gasteiger charge is 2.18. The van der Waals surface area contributed by atoms with Crippen LogP contribution in [-0.4, -0.2) is 26.8 Å². The smallest absolute Gasteiger partial charge is 0.266 e. The highest BCUT2D eigenvalue weighted by Crippen LogP contribution is 2.27. The average molecular weight is 370 g/mol. The molecular weight excluding hydrogens is 348 g/mol. The van der Waals surface area contributed by atoms with Gasteiger partial charge in [0.1, 0.15) is 5.75 Å². The summed E-state index contributed by atoms with van der Waals surface area (Å²) >= 11 is 1.38. The minimum Gasteiger partial charge on any atom is -0.481 e. The van der Waals surface area contributed by atoms with Crippen LogP contribution in [0.15, 0.2) is 29.8 Å². The van der Waals surface area contributed by atoms with E-state index in [-0.39, 0.29) is 5.91 Å². The van der Waals surface area contributed by atoms with Gasteiger partial charge in [0.25, 0.3) is 5.91 Å². The molecular formula is C19H22N4O2S. The first-order chi connectivity index (χ1) is 12.3. The molecule has 6 nitrogen and oxygen atoms in total. The van der Waals surface area contributed by atoms with Crippen molar-refractivity contribution in [2.75, 3.05) is 5.32 Å². The molecule has 0 aliphatic rings. The number of ether oxygens (including phenoxy) is 1. The molecule has 0 fully saturated rings. The van der Waals surface area contributed by atoms with E-state index >= 15 is 0 Å². The number of aromatic nitrogens is 3. The fraction of sp³-hybridized carbons (Fsp3) is 0.316. The van der Waals surface area contributed by atoms with Crippen molar-refractivity contribution in [3.8, 4) is 17.0 Å². The molecule has 0 bridgehead atoms. The summed E-state index contributed by atoms with van der Waals surface area (Å²) in [5.41, 5.74) is 5.11. The minimum atomic E-state index is -0.621. The first kappa shape index (κ1) is 18.1. The summed E-state index contributed by atoms with van der Waals surface area (Å²) in [5, 5.41) is 9.50. The molecule has 7 heteroatoms. The van der Waals surface area contributed by atoms with Crippen LogP contribution in [0.5, 0.6) is 5.75 Å². The Kier molecular flexibility index (Phi) is 5.08. The van der Waals surface area contributed by atoms with E-state index in [1.807, 2.05) is 51.4 Å². The maximum atomic E-state index is 12.4. The predicted octanol–water partition coefficient (Wildman–Crippen LogP) is 3.87. The van der Waals surface area contributed by atoms with Gasteiger partial charge in [-0.05, 0) is 51.0 Å². The number of thiazole rings is 1. The third-order valence-corrected chi connectivity index (χ3v) is 5.16. The fourth-order valence-corrected chi connectivity index (χ4v) is 3.17. The van der Waals surface area contributed by atoms with Crippen molar-refractivity contribution in [2.24, 2.45) is 7.05 Å². The van der Waals surface area contributed by atoms with Crippen LogP contribution in [0.4, 0.5) is 5.13 Å². The maximum absolute atomic E-state index is 12.4. The van der Waals surface area contributed by atoms with Gasteiger partial charge in [-0.2, -0.15) is 5.10 Å². The van der Waals surface area contributed by atoms with Crippen molar-refractivity contribution in [1.82, 2.24) is 14.8 Å². The molecule has 136 valence electrons. The predicted molar refractivity (Wildman–Crippen MR) is 104 cm³/mol. The third kappa shape index (κ3) is 3.77. The SMILES string of the molecule is Cc1ccc(O[C@H](C)C(=O)Nc2nc(-c3cnn(C)c3C)cs2)cc1C. The third-order valence-electron chi connectivity index (χ3n) is 4.41. The van der Waals surface area contributed by atoms with Gasteiger partial charge >= 0.3 is 0 Å². The average Bonchev–Trinajstić information content (AvgIpc) is 3.18. The van der Waals surface area contributed by atoms with Gasteiger partial charge in [-0.25, -0.2) is 4.98 Å². The van der Waals surface area contributed by atoms with E-state index in [0.717, 1.165) is 22.5 Å². The molecule has 3 aromatic rings. The van der Waals surface area contributed by atoms with Crippen molar-refractivity contribution in [1.29, 1.82) is 0 Å². The Morgan fingerprint density at radius 2 is 2.04 bits per heavy atom. The summed E-state index contributed by atoms with van der Waals surface area (Å²) in [5.74, 6) is 0.452. The lowest BCUT2D eigenvalue weighted by molar-refractivity contribution is -0.122. The fourth-order valence-electron chi connectivity index (χ4n) is 2.46. The molecule has 0 radical (unpaired) electrons. The molecule has 26 heavy (non-hydrogen) atoms. The number of aryl methyl sites for hydroxylation is 3. The molecule has 0 spiro atoms. The monoisotopic (exact) mass is 370 g/mol. The molecule has 1 amide bonds. The van der Waals surface area contributed by atoms with E-state index in [2.05, 4.69) is 15.4 Å². The van der Waals surface area contributed by atoms with Gasteiger partial charge in [0.15, 0.2) is 11.2 Å². The number of carbonyl (C=O) groups is 1. The van der Waals surface area contributed by atoms with Crippen molar-refractivity contribution in [3.05, 3.63) is 46.6 Å². The zero-order valence-electron chi connectivity index (χ0n) is 15.5. The maximum Gasteiger partial charge on any atom is 0.266 e. The Hall–Kier alpha value is -2.67. The summed E-state index contributed by atoms with van der Waals surface area (Å²) in [4.78, 5) is 16.9. The van der Waals surface area contributed by atoms with Gasteiger partial charge in [0.05, 0.1) is 11.9 Å². The number of anilines is 1. The number of carbonyl (C=O) groups excluding carboxylic acids is 1. The zero-order valence-corrected chi connectivity index (χ0v) is 16.3. The molecule has 2 heterocycles. The first-order valence-electron chi connectivity index (χ1n) is 8.34. The molecule has 1 aromatic carbocycles. The number of nitrogens with one attached hydrogen (secondary N) is 1. The number of rotatable bonds is 5. The van der Waals surface area contributed by atoms with Crippen LogP contribution in [0.25, 0.3) is 11.3 Å². The van der Waals surface area contributed by atoms with Gasteiger partial charge in [0, 0.05) is 23.7 Å². The Balaban J connectivity index is 1.66. The summed E-state index contributed by atoms with van der Waals surface area (Å²) < 4.78 is 7.55. The molecule has 1 atom stereocenters. The lowest BCUT2D eigenvalue weighted by Gasteiger charge is -2.14. The summed E-state index contributed by atoms with van der Waals surface area (Å²) in [6.45, 7) is 7.77. The molecule has 0 aliphatic carbocycles. The van der Waals surface area contributed by atoms with Gasteiger partial charge in [-0.3, -0.25) is 14.8 Å². The summed E-state index contributed by atoms with van der Waals surface area (Å²) in [7, 11) is 1.89. The molecule has 0 saturated carbocycles. The van der Waals surface area contributed by atoms with E-state index in [1.165, 1.54) is 16.9 Å². The molecule has 0 saturated heterocycles. The van der Waals surface area contributed by atoms with Gasteiger partial charge in [0.2, 0.25) is 0 Å². The second kappa shape index (κ2) is 7.29. The van der Waals surface area contributed by atoms with Gasteiger partial charge in [-0.15, -0.1) is 11.3 Å². The van der Waals surface area contributed by atoms with Crippen LogP contribution < -0.4 is 10.1 Å². The van der Waals surface area contributed by atoms with Crippen LogP contribution in [0, 0.1) is 20.8 Å². The number of nitrogens with zero attached hydrogens (tertiary/aromatic N) is 3. The van der Waals surface area contributed by atoms with Crippen LogP contribution in [-0.2, 0) is 11.8 Å². The number of amides is 1. The largest absolute Gasteiger partial charge is 0.481 e.